The third-order valence-corrected chi connectivity index (χ3v) is 9.81. The normalized spacial score (nSPS) is 13.6. The van der Waals surface area contributed by atoms with Gasteiger partial charge in [-0.3, -0.25) is 18.6 Å². The van der Waals surface area contributed by atoms with Crippen LogP contribution in [0.5, 0.6) is 0 Å². The van der Waals surface area contributed by atoms with Crippen LogP contribution in [-0.4, -0.2) is 49.3 Å². The summed E-state index contributed by atoms with van der Waals surface area (Å²) in [7, 11) is -4.38. The average molecular weight is 744 g/mol. The van der Waals surface area contributed by atoms with E-state index in [0.29, 0.717) is 12.8 Å². The monoisotopic (exact) mass is 744 g/mol. The van der Waals surface area contributed by atoms with Crippen molar-refractivity contribution in [3.63, 3.8) is 0 Å². The second-order valence-corrected chi connectivity index (χ2v) is 15.3. The molecule has 0 rings (SSSR count). The first kappa shape index (κ1) is 49.5. The third-order valence-electron chi connectivity index (χ3n) is 8.82. The molecule has 1 unspecified atom stereocenters. The van der Waals surface area contributed by atoms with Crippen LogP contribution in [0, 0.1) is 0 Å². The number of phosphoric acid groups is 1. The maximum Gasteiger partial charge on any atom is 0.472 e. The van der Waals surface area contributed by atoms with Gasteiger partial charge in [-0.05, 0) is 44.9 Å². The molecular weight excluding hydrogens is 665 g/mol. The van der Waals surface area contributed by atoms with E-state index in [1.807, 2.05) is 6.08 Å². The van der Waals surface area contributed by atoms with Crippen LogP contribution >= 0.6 is 7.82 Å². The summed E-state index contributed by atoms with van der Waals surface area (Å²) in [6.07, 6.45) is 39.3. The molecule has 3 N–H and O–H groups in total. The Morgan fingerprint density at radius 3 is 1.53 bits per heavy atom. The topological polar surface area (TPSA) is 134 Å². The van der Waals surface area contributed by atoms with Gasteiger partial charge in [0.15, 0.2) is 6.10 Å². The minimum atomic E-state index is -4.38. The summed E-state index contributed by atoms with van der Waals surface area (Å²) in [6, 6.07) is 0. The van der Waals surface area contributed by atoms with Crippen LogP contribution < -0.4 is 5.73 Å². The number of ether oxygens (including phenoxy) is 2. The second kappa shape index (κ2) is 38.2. The van der Waals surface area contributed by atoms with Crippen LogP contribution in [0.3, 0.4) is 0 Å². The number of carbonyl (C=O) groups is 2. The Hall–Kier alpha value is -1.51. The largest absolute Gasteiger partial charge is 0.472 e. The van der Waals surface area contributed by atoms with Gasteiger partial charge in [0.2, 0.25) is 0 Å². The predicted molar refractivity (Wildman–Crippen MR) is 211 cm³/mol. The molecule has 9 nitrogen and oxygen atoms in total. The zero-order valence-corrected chi connectivity index (χ0v) is 33.7. The fourth-order valence-electron chi connectivity index (χ4n) is 5.69. The van der Waals surface area contributed by atoms with Gasteiger partial charge >= 0.3 is 19.8 Å². The smallest absolute Gasteiger partial charge is 0.462 e. The highest BCUT2D eigenvalue weighted by molar-refractivity contribution is 7.47. The number of esters is 2. The van der Waals surface area contributed by atoms with Gasteiger partial charge in [0, 0.05) is 19.4 Å². The predicted octanol–water partition coefficient (Wildman–Crippen LogP) is 11.6. The fourth-order valence-corrected chi connectivity index (χ4v) is 6.46. The van der Waals surface area contributed by atoms with Gasteiger partial charge in [0.05, 0.1) is 13.2 Å². The van der Waals surface area contributed by atoms with Gasteiger partial charge in [0.1, 0.15) is 6.61 Å². The first-order valence-electron chi connectivity index (χ1n) is 20.8. The first-order valence-corrected chi connectivity index (χ1v) is 22.3. The Kier molecular flexibility index (Phi) is 37.1. The molecule has 0 aromatic rings. The molecule has 0 fully saturated rings. The standard InChI is InChI=1S/C41H78NO8P/c1-3-5-7-9-11-13-15-17-19-21-23-25-27-29-31-33-40(43)47-37-39(38-49-51(45,46)48-36-35-42)50-41(44)34-32-30-28-26-24-22-20-18-16-14-12-10-8-6-4-2/h10,12,27,29,39H,3-9,11,13-26,28,30-38,42H2,1-2H3,(H,45,46)/b12-10+,29-27+/t39-/m1/s1. The summed E-state index contributed by atoms with van der Waals surface area (Å²) < 4.78 is 32.7. The SMILES string of the molecule is CCCC/C=C/CCCCCCCCCCCC(=O)O[C@H](COC(=O)CC/C=C/CCCCCCCCCCCCC)COP(=O)(O)OCCN. The van der Waals surface area contributed by atoms with Crippen LogP contribution in [0.1, 0.15) is 194 Å². The van der Waals surface area contributed by atoms with E-state index in [-0.39, 0.29) is 32.6 Å². The zero-order valence-electron chi connectivity index (χ0n) is 32.8. The van der Waals surface area contributed by atoms with E-state index in [2.05, 4.69) is 32.1 Å². The number of hydrogen-bond acceptors (Lipinski definition) is 8. The third kappa shape index (κ3) is 38.0. The maximum atomic E-state index is 12.5. The van der Waals surface area contributed by atoms with Gasteiger partial charge in [-0.2, -0.15) is 0 Å². The summed E-state index contributed by atoms with van der Waals surface area (Å²) in [5.74, 6) is -0.884. The lowest BCUT2D eigenvalue weighted by Crippen LogP contribution is -2.29. The van der Waals surface area contributed by atoms with Crippen LogP contribution in [0.15, 0.2) is 24.3 Å². The number of rotatable bonds is 39. The van der Waals surface area contributed by atoms with E-state index in [9.17, 15) is 19.0 Å². The van der Waals surface area contributed by atoms with Crippen molar-refractivity contribution < 1.29 is 37.6 Å². The quantitative estimate of drug-likeness (QED) is 0.0273. The molecule has 0 bridgehead atoms. The Labute approximate surface area is 312 Å². The van der Waals surface area contributed by atoms with Gasteiger partial charge in [-0.15, -0.1) is 0 Å². The minimum Gasteiger partial charge on any atom is -0.462 e. The first-order chi connectivity index (χ1) is 24.8. The molecule has 51 heavy (non-hydrogen) atoms. The van der Waals surface area contributed by atoms with E-state index in [1.165, 1.54) is 122 Å². The highest BCUT2D eigenvalue weighted by Gasteiger charge is 2.25. The molecular formula is C41H78NO8P. The summed E-state index contributed by atoms with van der Waals surface area (Å²) in [5.41, 5.74) is 5.34. The lowest BCUT2D eigenvalue weighted by atomic mass is 10.1. The van der Waals surface area contributed by atoms with Crippen molar-refractivity contribution in [3.05, 3.63) is 24.3 Å². The van der Waals surface area contributed by atoms with Crippen molar-refractivity contribution in [3.8, 4) is 0 Å². The van der Waals surface area contributed by atoms with E-state index >= 15 is 0 Å². The van der Waals surface area contributed by atoms with Gasteiger partial charge in [0.25, 0.3) is 0 Å². The highest BCUT2D eigenvalue weighted by Crippen LogP contribution is 2.43. The summed E-state index contributed by atoms with van der Waals surface area (Å²) in [6.45, 7) is 3.67. The Morgan fingerprint density at radius 2 is 1.02 bits per heavy atom. The van der Waals surface area contributed by atoms with Crippen molar-refractivity contribution in [2.75, 3.05) is 26.4 Å². The van der Waals surface area contributed by atoms with Crippen molar-refractivity contribution in [2.45, 2.75) is 200 Å². The van der Waals surface area contributed by atoms with Crippen molar-refractivity contribution in [1.82, 2.24) is 0 Å². The average Bonchev–Trinajstić information content (AvgIpc) is 3.11. The van der Waals surface area contributed by atoms with Gasteiger partial charge < -0.3 is 20.1 Å². The molecule has 0 aromatic carbocycles. The van der Waals surface area contributed by atoms with Crippen molar-refractivity contribution in [2.24, 2.45) is 5.73 Å². The molecule has 0 saturated carbocycles. The summed E-state index contributed by atoms with van der Waals surface area (Å²) >= 11 is 0. The van der Waals surface area contributed by atoms with E-state index in [1.54, 1.807) is 0 Å². The molecule has 0 aromatic heterocycles. The second-order valence-electron chi connectivity index (χ2n) is 13.8. The maximum absolute atomic E-state index is 12.5. The molecule has 2 atom stereocenters. The molecule has 0 spiro atoms. The molecule has 10 heteroatoms. The van der Waals surface area contributed by atoms with Crippen molar-refractivity contribution in [1.29, 1.82) is 0 Å². The molecule has 0 saturated heterocycles. The van der Waals surface area contributed by atoms with Crippen LogP contribution in [0.2, 0.25) is 0 Å². The lowest BCUT2D eigenvalue weighted by Gasteiger charge is -2.19. The van der Waals surface area contributed by atoms with E-state index in [0.717, 1.165) is 32.1 Å². The number of nitrogens with two attached hydrogens (primary N) is 1. The highest BCUT2D eigenvalue weighted by atomic mass is 31.2. The molecule has 0 radical (unpaired) electrons. The van der Waals surface area contributed by atoms with Gasteiger partial charge in [-0.25, -0.2) is 4.57 Å². The summed E-state index contributed by atoms with van der Waals surface area (Å²) in [4.78, 5) is 34.8. The zero-order chi connectivity index (χ0) is 37.5. The Balaban J connectivity index is 4.20. The summed E-state index contributed by atoms with van der Waals surface area (Å²) in [5, 5.41) is 0. The van der Waals surface area contributed by atoms with Gasteiger partial charge in [-0.1, -0.05) is 160 Å². The van der Waals surface area contributed by atoms with Crippen LogP contribution in [0.25, 0.3) is 0 Å². The number of phosphoric ester groups is 1. The van der Waals surface area contributed by atoms with E-state index < -0.39 is 32.5 Å². The molecule has 0 aliphatic heterocycles. The molecule has 0 amide bonds. The van der Waals surface area contributed by atoms with E-state index in [4.69, 9.17) is 24.3 Å². The molecule has 0 heterocycles. The Bertz CT molecular complexity index is 897. The van der Waals surface area contributed by atoms with Crippen molar-refractivity contribution >= 4 is 19.8 Å². The minimum absolute atomic E-state index is 0.0504. The molecule has 300 valence electrons. The van der Waals surface area contributed by atoms with Crippen LogP contribution in [0.4, 0.5) is 0 Å². The number of allylic oxidation sites excluding steroid dienone is 4. The molecule has 0 aliphatic rings. The number of hydrogen-bond donors (Lipinski definition) is 2. The molecule has 0 aliphatic carbocycles. The Morgan fingerprint density at radius 1 is 0.569 bits per heavy atom. The fraction of sp³-hybridized carbons (Fsp3) is 0.854. The number of unbranched alkanes of at least 4 members (excludes halogenated alkanes) is 22. The number of carbonyl (C=O) groups excluding carboxylic acids is 2. The van der Waals surface area contributed by atoms with Crippen LogP contribution in [-0.2, 0) is 32.7 Å². The lowest BCUT2D eigenvalue weighted by molar-refractivity contribution is -0.161.